The number of H-pyrrole nitrogens is 1. The number of carbonyl (C=O) groups excluding carboxylic acids is 1. The van der Waals surface area contributed by atoms with Crippen LogP contribution in [0.4, 0.5) is 0 Å². The minimum Gasteiger partial charge on any atom is -0.465 e. The van der Waals surface area contributed by atoms with Crippen LogP contribution in [0, 0.1) is 0 Å². The minimum absolute atomic E-state index is 0.339. The number of nitrogens with one attached hydrogen (secondary N) is 1. The molecular weight excluding hydrogens is 204 g/mol. The van der Waals surface area contributed by atoms with Crippen molar-refractivity contribution in [3.05, 3.63) is 28.9 Å². The molecule has 0 aliphatic rings. The van der Waals surface area contributed by atoms with Crippen LogP contribution in [0.3, 0.4) is 0 Å². The lowest BCUT2D eigenvalue weighted by Crippen LogP contribution is -2.01. The number of rotatable bonds is 1. The van der Waals surface area contributed by atoms with E-state index in [1.54, 1.807) is 18.3 Å². The average molecular weight is 211 g/mol. The van der Waals surface area contributed by atoms with Crippen molar-refractivity contribution in [2.45, 2.75) is 0 Å². The fourth-order valence-corrected chi connectivity index (χ4v) is 1.48. The SMILES string of the molecule is COC(=O)c1cc2[nH]ncc2cc1Cl. The first kappa shape index (κ1) is 9.02. The normalized spacial score (nSPS) is 10.4. The Labute approximate surface area is 84.8 Å². The molecule has 0 spiro atoms. The quantitative estimate of drug-likeness (QED) is 0.733. The van der Waals surface area contributed by atoms with Crippen molar-refractivity contribution in [3.63, 3.8) is 0 Å². The highest BCUT2D eigenvalue weighted by Gasteiger charge is 2.12. The maximum Gasteiger partial charge on any atom is 0.339 e. The number of aromatic nitrogens is 2. The molecule has 72 valence electrons. The Bertz CT molecular complexity index is 493. The van der Waals surface area contributed by atoms with Crippen molar-refractivity contribution >= 4 is 28.5 Å². The monoisotopic (exact) mass is 210 g/mol. The lowest BCUT2D eigenvalue weighted by molar-refractivity contribution is 0.0601. The van der Waals surface area contributed by atoms with E-state index in [9.17, 15) is 4.79 Å². The molecule has 0 fully saturated rings. The fourth-order valence-electron chi connectivity index (χ4n) is 1.23. The third-order valence-corrected chi connectivity index (χ3v) is 2.25. The van der Waals surface area contributed by atoms with Crippen molar-refractivity contribution in [1.29, 1.82) is 0 Å². The first-order valence-electron chi connectivity index (χ1n) is 3.93. The number of halogens is 1. The summed E-state index contributed by atoms with van der Waals surface area (Å²) in [5.41, 5.74) is 1.10. The number of methoxy groups -OCH3 is 1. The number of aromatic amines is 1. The van der Waals surface area contributed by atoms with E-state index in [4.69, 9.17) is 11.6 Å². The Morgan fingerprint density at radius 3 is 3.07 bits per heavy atom. The molecule has 14 heavy (non-hydrogen) atoms. The molecule has 0 amide bonds. The third kappa shape index (κ3) is 1.33. The molecule has 0 unspecified atom stereocenters. The van der Waals surface area contributed by atoms with Crippen LogP contribution in [-0.2, 0) is 4.74 Å². The smallest absolute Gasteiger partial charge is 0.339 e. The summed E-state index contributed by atoms with van der Waals surface area (Å²) in [7, 11) is 1.32. The van der Waals surface area contributed by atoms with Crippen LogP contribution in [0.1, 0.15) is 10.4 Å². The predicted molar refractivity (Wildman–Crippen MR) is 52.4 cm³/mol. The van der Waals surface area contributed by atoms with Gasteiger partial charge in [0.15, 0.2) is 0 Å². The summed E-state index contributed by atoms with van der Waals surface area (Å²) in [6, 6.07) is 3.29. The van der Waals surface area contributed by atoms with E-state index in [0.717, 1.165) is 10.9 Å². The van der Waals surface area contributed by atoms with E-state index < -0.39 is 5.97 Å². The van der Waals surface area contributed by atoms with Crippen LogP contribution < -0.4 is 0 Å². The Kier molecular flexibility index (Phi) is 2.13. The van der Waals surface area contributed by atoms with Crippen molar-refractivity contribution < 1.29 is 9.53 Å². The van der Waals surface area contributed by atoms with Crippen LogP contribution in [-0.4, -0.2) is 23.3 Å². The van der Waals surface area contributed by atoms with Gasteiger partial charge in [0.25, 0.3) is 0 Å². The molecule has 1 heterocycles. The summed E-state index contributed by atoms with van der Waals surface area (Å²) < 4.78 is 4.58. The molecule has 0 saturated carbocycles. The van der Waals surface area contributed by atoms with E-state index in [1.807, 2.05) is 0 Å². The number of hydrogen-bond acceptors (Lipinski definition) is 3. The van der Waals surface area contributed by atoms with Gasteiger partial charge in [0.2, 0.25) is 0 Å². The fraction of sp³-hybridized carbons (Fsp3) is 0.111. The zero-order valence-corrected chi connectivity index (χ0v) is 8.13. The summed E-state index contributed by atoms with van der Waals surface area (Å²) in [4.78, 5) is 11.3. The molecule has 1 aromatic heterocycles. The Hall–Kier alpha value is -1.55. The summed E-state index contributed by atoms with van der Waals surface area (Å²) in [6.07, 6.45) is 1.64. The second-order valence-corrected chi connectivity index (χ2v) is 3.19. The molecule has 4 nitrogen and oxygen atoms in total. The molecular formula is C9H7ClN2O2. The topological polar surface area (TPSA) is 55.0 Å². The summed E-state index contributed by atoms with van der Waals surface area (Å²) in [6.45, 7) is 0. The lowest BCUT2D eigenvalue weighted by atomic mass is 10.2. The van der Waals surface area contributed by atoms with E-state index >= 15 is 0 Å². The number of nitrogens with zero attached hydrogens (tertiary/aromatic N) is 1. The molecule has 1 aromatic carbocycles. The van der Waals surface area contributed by atoms with E-state index in [2.05, 4.69) is 14.9 Å². The second kappa shape index (κ2) is 3.31. The van der Waals surface area contributed by atoms with Crippen LogP contribution in [0.25, 0.3) is 10.9 Å². The number of benzene rings is 1. The standard InChI is InChI=1S/C9H7ClN2O2/c1-14-9(13)6-3-8-5(2-7(6)10)4-11-12-8/h2-4H,1H3,(H,11,12). The molecule has 2 rings (SSSR count). The molecule has 0 bridgehead atoms. The minimum atomic E-state index is -0.452. The van der Waals surface area contributed by atoms with Crippen LogP contribution in [0.15, 0.2) is 18.3 Å². The average Bonchev–Trinajstić information content (AvgIpc) is 2.62. The third-order valence-electron chi connectivity index (χ3n) is 1.93. The first-order chi connectivity index (χ1) is 6.72. The van der Waals surface area contributed by atoms with Gasteiger partial charge in [0.1, 0.15) is 0 Å². The Morgan fingerprint density at radius 2 is 2.36 bits per heavy atom. The van der Waals surface area contributed by atoms with Crippen molar-refractivity contribution in [1.82, 2.24) is 10.2 Å². The van der Waals surface area contributed by atoms with Crippen molar-refractivity contribution in [3.8, 4) is 0 Å². The largest absolute Gasteiger partial charge is 0.465 e. The van der Waals surface area contributed by atoms with Gasteiger partial charge in [-0.2, -0.15) is 5.10 Å². The molecule has 5 heteroatoms. The highest BCUT2D eigenvalue weighted by Crippen LogP contribution is 2.22. The first-order valence-corrected chi connectivity index (χ1v) is 4.31. The second-order valence-electron chi connectivity index (χ2n) is 2.78. The molecule has 1 N–H and O–H groups in total. The van der Waals surface area contributed by atoms with Crippen molar-refractivity contribution in [2.75, 3.05) is 7.11 Å². The van der Waals surface area contributed by atoms with Gasteiger partial charge in [0, 0.05) is 5.39 Å². The highest BCUT2D eigenvalue weighted by atomic mass is 35.5. The molecule has 0 atom stereocenters. The van der Waals surface area contributed by atoms with Crippen LogP contribution >= 0.6 is 11.6 Å². The highest BCUT2D eigenvalue weighted by molar-refractivity contribution is 6.34. The number of fused-ring (bicyclic) bond motifs is 1. The molecule has 2 aromatic rings. The van der Waals surface area contributed by atoms with Crippen LogP contribution in [0.5, 0.6) is 0 Å². The number of ether oxygens (including phenoxy) is 1. The van der Waals surface area contributed by atoms with Crippen molar-refractivity contribution in [2.24, 2.45) is 0 Å². The predicted octanol–water partition coefficient (Wildman–Crippen LogP) is 2.00. The maximum absolute atomic E-state index is 11.3. The van der Waals surface area contributed by atoms with E-state index in [-0.39, 0.29) is 0 Å². The zero-order chi connectivity index (χ0) is 10.1. The number of hydrogen-bond donors (Lipinski definition) is 1. The zero-order valence-electron chi connectivity index (χ0n) is 7.37. The summed E-state index contributed by atoms with van der Waals surface area (Å²) >= 11 is 5.89. The van der Waals surface area contributed by atoms with Gasteiger partial charge in [-0.15, -0.1) is 0 Å². The maximum atomic E-state index is 11.3. The van der Waals surface area contributed by atoms with Gasteiger partial charge >= 0.3 is 5.97 Å². The van der Waals surface area contributed by atoms with Gasteiger partial charge in [-0.1, -0.05) is 11.6 Å². The number of carbonyl (C=O) groups is 1. The molecule has 0 aliphatic heterocycles. The van der Waals surface area contributed by atoms with Crippen LogP contribution in [0.2, 0.25) is 5.02 Å². The van der Waals surface area contributed by atoms with Gasteiger partial charge in [-0.05, 0) is 12.1 Å². The molecule has 0 radical (unpaired) electrons. The molecule has 0 aliphatic carbocycles. The lowest BCUT2D eigenvalue weighted by Gasteiger charge is -2.01. The van der Waals surface area contributed by atoms with Gasteiger partial charge < -0.3 is 4.74 Å². The van der Waals surface area contributed by atoms with E-state index in [1.165, 1.54) is 7.11 Å². The van der Waals surface area contributed by atoms with E-state index in [0.29, 0.717) is 10.6 Å². The summed E-state index contributed by atoms with van der Waals surface area (Å²) in [5.74, 6) is -0.452. The summed E-state index contributed by atoms with van der Waals surface area (Å²) in [5, 5.41) is 7.81. The van der Waals surface area contributed by atoms with Gasteiger partial charge in [-0.25, -0.2) is 4.79 Å². The molecule has 0 saturated heterocycles. The Morgan fingerprint density at radius 1 is 1.57 bits per heavy atom. The number of esters is 1. The Balaban J connectivity index is 2.64. The van der Waals surface area contributed by atoms with Gasteiger partial charge in [-0.3, -0.25) is 5.10 Å². The van der Waals surface area contributed by atoms with Gasteiger partial charge in [0.05, 0.1) is 29.4 Å².